The first-order valence-electron chi connectivity index (χ1n) is 26.6. The number of ether oxygens (including phenoxy) is 4. The molecule has 450 valence electrons. The molecule has 4 atom stereocenters. The van der Waals surface area contributed by atoms with E-state index in [2.05, 4.69) is 26.6 Å². The molecule has 3 aromatic rings. The fourth-order valence-corrected chi connectivity index (χ4v) is 9.25. The van der Waals surface area contributed by atoms with Crippen molar-refractivity contribution in [1.29, 1.82) is 0 Å². The van der Waals surface area contributed by atoms with Crippen LogP contribution in [0.1, 0.15) is 125 Å². The Kier molecular flexibility index (Phi) is 24.4. The molecule has 0 saturated carbocycles. The van der Waals surface area contributed by atoms with Crippen molar-refractivity contribution in [2.24, 2.45) is 0 Å². The van der Waals surface area contributed by atoms with Crippen LogP contribution in [0.25, 0.3) is 0 Å². The number of carboxylic acid groups (broad SMARTS) is 1. The zero-order valence-electron chi connectivity index (χ0n) is 46.6. The number of benzene rings is 3. The second-order valence-electron chi connectivity index (χ2n) is 19.2. The summed E-state index contributed by atoms with van der Waals surface area (Å²) in [6.45, 7) is 5.35. The molecule has 27 nitrogen and oxygen atoms in total. The molecule has 5 rings (SSSR count). The average Bonchev–Trinajstić information content (AvgIpc) is 0.955. The minimum atomic E-state index is -1.47. The van der Waals surface area contributed by atoms with E-state index in [9.17, 15) is 72.6 Å². The first-order valence-corrected chi connectivity index (χ1v) is 27.0. The maximum Gasteiger partial charge on any atom is 0.353 e. The molecule has 28 heteroatoms. The summed E-state index contributed by atoms with van der Waals surface area (Å²) in [6, 6.07) is 11.3. The first kappa shape index (κ1) is 65.6. The van der Waals surface area contributed by atoms with E-state index in [1.54, 1.807) is 18.2 Å². The molecule has 3 aromatic carbocycles. The van der Waals surface area contributed by atoms with Gasteiger partial charge in [0.25, 0.3) is 17.7 Å². The monoisotopic (exact) mass is 1190 g/mol. The predicted octanol–water partition coefficient (Wildman–Crippen LogP) is 2.71. The van der Waals surface area contributed by atoms with Gasteiger partial charge in [0, 0.05) is 85.2 Å². The van der Waals surface area contributed by atoms with Gasteiger partial charge in [-0.15, -0.1) is 0 Å². The van der Waals surface area contributed by atoms with Crippen LogP contribution in [-0.4, -0.2) is 153 Å². The number of hydrogen-bond acceptors (Lipinski definition) is 18. The van der Waals surface area contributed by atoms with Crippen LogP contribution in [0.5, 0.6) is 23.0 Å². The number of β-lactam (4-membered cyclic amide) rings is 1. The van der Waals surface area contributed by atoms with Crippen LogP contribution in [0.15, 0.2) is 77.5 Å². The Morgan fingerprint density at radius 2 is 1.20 bits per heavy atom. The number of amides is 8. The topological polar surface area (TPSA) is 369 Å². The highest BCUT2D eigenvalue weighted by Gasteiger charge is 2.54. The molecule has 1 fully saturated rings. The smallest absolute Gasteiger partial charge is 0.353 e. The van der Waals surface area contributed by atoms with Gasteiger partial charge in [0.05, 0.1) is 17.2 Å². The van der Waals surface area contributed by atoms with Crippen LogP contribution in [0.4, 0.5) is 0 Å². The summed E-state index contributed by atoms with van der Waals surface area (Å²) in [7, 11) is 0. The van der Waals surface area contributed by atoms with E-state index in [0.29, 0.717) is 5.06 Å². The van der Waals surface area contributed by atoms with Gasteiger partial charge in [-0.2, -0.15) is 0 Å². The van der Waals surface area contributed by atoms with E-state index < -0.39 is 120 Å². The van der Waals surface area contributed by atoms with Gasteiger partial charge in [-0.05, 0) is 74.8 Å². The Labute approximate surface area is 486 Å². The van der Waals surface area contributed by atoms with E-state index >= 15 is 0 Å². The molecule has 0 aliphatic carbocycles. The number of nitrogens with zero attached hydrogens (tertiary/aromatic N) is 3. The van der Waals surface area contributed by atoms with E-state index in [1.165, 1.54) is 53.4 Å². The standard InChI is InChI=1S/C56H65ClN8O19/c1-31(66)64(80)30-13-19-40(53(75)61-46(36-15-7-6-8-16-36)54(76)62-47-41-23-22-39(57)48(56(78)79)65(41)55(47)77)60-44(71)24-25-45(72)63(29-14-27-59-52(74)38-18-12-21-43(82-33(3)68)50(38)84-35(5)70)28-10-9-26-58-51(73)37-17-11-20-42(81-32(2)67)49(37)83-34(4)69/h6-8,11-12,15-18,20-21,40-41,46-47,80H,9-10,13-14,19,22-30H2,1-5H3,(H,58,73)(H,59,74)(H,60,71)(H,61,75)(H,62,76)(H,78,79)/t40-,41?,46+,47-/m0/s1. The number of carbonyl (C=O) groups is 13. The predicted molar refractivity (Wildman–Crippen MR) is 292 cm³/mol. The molecule has 8 amide bonds. The second-order valence-corrected chi connectivity index (χ2v) is 19.7. The van der Waals surface area contributed by atoms with Crippen molar-refractivity contribution in [3.63, 3.8) is 0 Å². The Hall–Kier alpha value is -9.24. The summed E-state index contributed by atoms with van der Waals surface area (Å²) in [5.41, 5.74) is -0.366. The van der Waals surface area contributed by atoms with Crippen molar-refractivity contribution in [2.75, 3.05) is 32.7 Å². The SMILES string of the molecule is CC(=O)Oc1cccc(C(=O)NCCCCN(CCCNC(=O)c2cccc(OC(C)=O)c2OC(C)=O)C(=O)CCC(=O)N[C@@H](CCCN(O)C(C)=O)C(=O)N[C@@H](C(=O)N[C@@H]2C(=O)N3C(C(=O)O)=C(Cl)CCC23)c2ccccc2)c1OC(C)=O. The summed E-state index contributed by atoms with van der Waals surface area (Å²) in [5, 5.41) is 33.4. The van der Waals surface area contributed by atoms with Gasteiger partial charge < -0.3 is 55.5 Å². The molecular formula is C56H65ClN8O19. The molecule has 0 spiro atoms. The van der Waals surface area contributed by atoms with Gasteiger partial charge in [0.1, 0.15) is 23.8 Å². The van der Waals surface area contributed by atoms with Crippen LogP contribution < -0.4 is 45.5 Å². The summed E-state index contributed by atoms with van der Waals surface area (Å²) >= 11 is 6.14. The van der Waals surface area contributed by atoms with Gasteiger partial charge in [0.2, 0.25) is 29.5 Å². The van der Waals surface area contributed by atoms with Gasteiger partial charge in [-0.3, -0.25) is 67.6 Å². The number of para-hydroxylation sites is 2. The maximum atomic E-state index is 14.2. The normalized spacial score (nSPS) is 14.8. The molecular weight excluding hydrogens is 1120 g/mol. The number of hydroxylamine groups is 2. The molecule has 2 aliphatic rings. The molecule has 0 bridgehead atoms. The number of rotatable bonds is 29. The summed E-state index contributed by atoms with van der Waals surface area (Å²) in [5.74, 6) is -11.3. The minimum absolute atomic E-state index is 0.00421. The van der Waals surface area contributed by atoms with E-state index in [1.807, 2.05) is 0 Å². The highest BCUT2D eigenvalue weighted by molar-refractivity contribution is 6.32. The van der Waals surface area contributed by atoms with Crippen molar-refractivity contribution in [3.8, 4) is 23.0 Å². The number of carbonyl (C=O) groups excluding carboxylic acids is 12. The lowest BCUT2D eigenvalue weighted by Gasteiger charge is -2.49. The maximum absolute atomic E-state index is 14.2. The van der Waals surface area contributed by atoms with Gasteiger partial charge in [0.15, 0.2) is 23.0 Å². The lowest BCUT2D eigenvalue weighted by atomic mass is 9.86. The van der Waals surface area contributed by atoms with Crippen molar-refractivity contribution in [2.45, 2.75) is 117 Å². The number of aliphatic carboxylic acids is 1. The Bertz CT molecular complexity index is 3060. The Balaban J connectivity index is 1.29. The Morgan fingerprint density at radius 3 is 1.74 bits per heavy atom. The van der Waals surface area contributed by atoms with Gasteiger partial charge >= 0.3 is 29.8 Å². The zero-order valence-corrected chi connectivity index (χ0v) is 47.4. The zero-order chi connectivity index (χ0) is 61.8. The fraction of sp³-hybridized carbons (Fsp3) is 0.411. The molecule has 2 aliphatic heterocycles. The Morgan fingerprint density at radius 1 is 0.655 bits per heavy atom. The molecule has 2 heterocycles. The van der Waals surface area contributed by atoms with Crippen LogP contribution in [0.3, 0.4) is 0 Å². The van der Waals surface area contributed by atoms with Gasteiger partial charge in [-0.1, -0.05) is 54.1 Å². The lowest BCUT2D eigenvalue weighted by Crippen LogP contribution is -2.72. The molecule has 0 radical (unpaired) electrons. The minimum Gasteiger partial charge on any atom is -0.477 e. The first-order chi connectivity index (χ1) is 39.9. The third-order valence-electron chi connectivity index (χ3n) is 12.8. The number of hydrogen-bond donors (Lipinski definition) is 7. The van der Waals surface area contributed by atoms with E-state index in [0.717, 1.165) is 39.5 Å². The molecule has 7 N–H and O–H groups in total. The largest absolute Gasteiger partial charge is 0.477 e. The second kappa shape index (κ2) is 31.3. The highest BCUT2D eigenvalue weighted by Crippen LogP contribution is 2.39. The van der Waals surface area contributed by atoms with E-state index in [-0.39, 0.29) is 122 Å². The summed E-state index contributed by atoms with van der Waals surface area (Å²) < 4.78 is 20.7. The summed E-state index contributed by atoms with van der Waals surface area (Å²) in [4.78, 5) is 170. The van der Waals surface area contributed by atoms with Crippen molar-refractivity contribution < 1.29 is 91.6 Å². The van der Waals surface area contributed by atoms with Gasteiger partial charge in [-0.25, -0.2) is 9.86 Å². The number of unbranched alkanes of at least 4 members (excludes halogenated alkanes) is 1. The molecule has 1 saturated heterocycles. The van der Waals surface area contributed by atoms with E-state index in [4.69, 9.17) is 30.5 Å². The molecule has 0 aromatic heterocycles. The van der Waals surface area contributed by atoms with Crippen LogP contribution in [0, 0.1) is 0 Å². The third kappa shape index (κ3) is 18.6. The van der Waals surface area contributed by atoms with Crippen molar-refractivity contribution in [3.05, 3.63) is 94.1 Å². The number of allylic oxidation sites excluding steroid dienone is 1. The van der Waals surface area contributed by atoms with Crippen molar-refractivity contribution in [1.82, 2.24) is 41.4 Å². The van der Waals surface area contributed by atoms with Crippen molar-refractivity contribution >= 4 is 88.7 Å². The number of nitrogens with one attached hydrogen (secondary N) is 5. The third-order valence-corrected chi connectivity index (χ3v) is 13.2. The number of esters is 4. The van der Waals surface area contributed by atoms with Crippen LogP contribution in [-0.2, 0) is 52.7 Å². The van der Waals surface area contributed by atoms with Crippen LogP contribution >= 0.6 is 11.6 Å². The highest BCUT2D eigenvalue weighted by atomic mass is 35.5. The summed E-state index contributed by atoms with van der Waals surface area (Å²) in [6.07, 6.45) is -0.106. The number of halogens is 1. The quantitative estimate of drug-likeness (QED) is 0.0131. The molecule has 1 unspecified atom stereocenters. The fourth-order valence-electron chi connectivity index (χ4n) is 8.97. The average molecular weight is 1190 g/mol. The number of carboxylic acids is 1. The lowest BCUT2D eigenvalue weighted by molar-refractivity contribution is -0.163. The molecule has 84 heavy (non-hydrogen) atoms. The number of fused-ring (bicyclic) bond motifs is 1. The van der Waals surface area contributed by atoms with Crippen LogP contribution in [0.2, 0.25) is 0 Å².